The van der Waals surface area contributed by atoms with Crippen LogP contribution in [0, 0.1) is 19.8 Å². The van der Waals surface area contributed by atoms with Gasteiger partial charge in [-0.2, -0.15) is 0 Å². The summed E-state index contributed by atoms with van der Waals surface area (Å²) < 4.78 is 12.3. The molecule has 35 heavy (non-hydrogen) atoms. The number of ether oxygens (including phenoxy) is 2. The van der Waals surface area contributed by atoms with Gasteiger partial charge < -0.3 is 20.1 Å². The van der Waals surface area contributed by atoms with E-state index in [2.05, 4.69) is 10.6 Å². The van der Waals surface area contributed by atoms with Gasteiger partial charge in [-0.05, 0) is 75.0 Å². The first-order valence-corrected chi connectivity index (χ1v) is 12.1. The third kappa shape index (κ3) is 3.89. The number of para-hydroxylation sites is 1. The molecule has 180 valence electrons. The number of methoxy groups -OCH3 is 1. The quantitative estimate of drug-likeness (QED) is 0.437. The minimum absolute atomic E-state index is 0.174. The van der Waals surface area contributed by atoms with Crippen molar-refractivity contribution in [2.75, 3.05) is 17.3 Å². The number of rotatable bonds is 4. The van der Waals surface area contributed by atoms with E-state index < -0.39 is 17.7 Å². The predicted molar refractivity (Wildman–Crippen MR) is 142 cm³/mol. The number of hydrogen-bond donors (Lipinski definition) is 2. The molecular weight excluding hydrogens is 482 g/mol. The van der Waals surface area contributed by atoms with Gasteiger partial charge in [0.05, 0.1) is 13.2 Å². The number of fused-ring (bicyclic) bond motifs is 4. The van der Waals surface area contributed by atoms with Gasteiger partial charge in [0.15, 0.2) is 22.3 Å². The second-order valence-electron chi connectivity index (χ2n) is 9.06. The number of carbonyl (C=O) groups excluding carboxylic acids is 1. The number of carbonyl (C=O) groups is 1. The Balaban J connectivity index is 1.64. The van der Waals surface area contributed by atoms with E-state index in [0.717, 1.165) is 28.1 Å². The van der Waals surface area contributed by atoms with E-state index in [9.17, 15) is 4.79 Å². The zero-order valence-corrected chi connectivity index (χ0v) is 21.5. The van der Waals surface area contributed by atoms with Crippen LogP contribution < -0.4 is 25.0 Å². The summed E-state index contributed by atoms with van der Waals surface area (Å²) in [5, 5.41) is 7.61. The lowest BCUT2D eigenvalue weighted by molar-refractivity contribution is -0.130. The maximum atomic E-state index is 14.0. The van der Waals surface area contributed by atoms with Gasteiger partial charge in [-0.15, -0.1) is 0 Å². The normalized spacial score (nSPS) is 22.5. The molecule has 3 atom stereocenters. The largest absolute Gasteiger partial charge is 0.493 e. The van der Waals surface area contributed by atoms with Crippen LogP contribution in [0.3, 0.4) is 0 Å². The second kappa shape index (κ2) is 8.73. The van der Waals surface area contributed by atoms with E-state index in [0.29, 0.717) is 21.6 Å². The van der Waals surface area contributed by atoms with Gasteiger partial charge in [-0.1, -0.05) is 41.4 Å². The van der Waals surface area contributed by atoms with Gasteiger partial charge in [0.25, 0.3) is 0 Å². The van der Waals surface area contributed by atoms with E-state index >= 15 is 0 Å². The van der Waals surface area contributed by atoms with Gasteiger partial charge in [-0.25, -0.2) is 0 Å². The highest BCUT2D eigenvalue weighted by Gasteiger charge is 2.59. The summed E-state index contributed by atoms with van der Waals surface area (Å²) in [5.74, 6) is 0.363. The van der Waals surface area contributed by atoms with Gasteiger partial charge in [0.2, 0.25) is 5.91 Å². The molecular formula is C27H26ClN3O3S. The average Bonchev–Trinajstić information content (AvgIpc) is 2.81. The first kappa shape index (κ1) is 23.5. The lowest BCUT2D eigenvalue weighted by atomic mass is 9.78. The fourth-order valence-corrected chi connectivity index (χ4v) is 5.61. The Labute approximate surface area is 215 Å². The Morgan fingerprint density at radius 1 is 1.17 bits per heavy atom. The molecule has 5 rings (SSSR count). The van der Waals surface area contributed by atoms with Crippen molar-refractivity contribution in [3.05, 3.63) is 82.4 Å². The molecule has 8 heteroatoms. The van der Waals surface area contributed by atoms with Crippen LogP contribution in [0.15, 0.2) is 60.7 Å². The number of anilines is 2. The number of thiocarbonyl (C=S) groups is 1. The first-order chi connectivity index (χ1) is 16.7. The smallest absolute Gasteiger partial charge is 0.236 e. The molecule has 6 nitrogen and oxygen atoms in total. The molecule has 1 saturated heterocycles. The summed E-state index contributed by atoms with van der Waals surface area (Å²) in [6.45, 7) is 5.90. The summed E-state index contributed by atoms with van der Waals surface area (Å²) in [4.78, 5) is 15.8. The molecule has 0 aromatic heterocycles. The minimum Gasteiger partial charge on any atom is -0.493 e. The first-order valence-electron chi connectivity index (χ1n) is 11.3. The SMILES string of the molecule is COc1cccc2c1O[C@@]1(C)[C@H](C(=O)Nc3ccc(C)cc3C)[C@@H]2NC(=S)N1c1ccc(Cl)cc1. The molecule has 3 aromatic rings. The topological polar surface area (TPSA) is 62.8 Å². The van der Waals surface area contributed by atoms with E-state index in [1.165, 1.54) is 0 Å². The Bertz CT molecular complexity index is 1330. The van der Waals surface area contributed by atoms with Crippen molar-refractivity contribution >= 4 is 46.2 Å². The van der Waals surface area contributed by atoms with E-state index in [1.54, 1.807) is 19.2 Å². The molecule has 0 saturated carbocycles. The van der Waals surface area contributed by atoms with Crippen molar-refractivity contribution in [1.29, 1.82) is 0 Å². The highest BCUT2D eigenvalue weighted by Crippen LogP contribution is 2.52. The van der Waals surface area contributed by atoms with Gasteiger partial charge in [-0.3, -0.25) is 9.69 Å². The number of benzene rings is 3. The third-order valence-electron chi connectivity index (χ3n) is 6.72. The number of nitrogens with zero attached hydrogens (tertiary/aromatic N) is 1. The number of halogens is 1. The zero-order chi connectivity index (χ0) is 24.9. The number of nitrogens with one attached hydrogen (secondary N) is 2. The molecule has 0 unspecified atom stereocenters. The summed E-state index contributed by atoms with van der Waals surface area (Å²) >= 11 is 12.0. The third-order valence-corrected chi connectivity index (χ3v) is 7.27. The minimum atomic E-state index is -1.15. The van der Waals surface area contributed by atoms with Crippen LogP contribution >= 0.6 is 23.8 Å². The van der Waals surface area contributed by atoms with Crippen molar-refractivity contribution in [3.8, 4) is 11.5 Å². The van der Waals surface area contributed by atoms with Crippen LogP contribution in [-0.2, 0) is 4.79 Å². The molecule has 1 fully saturated rings. The van der Waals surface area contributed by atoms with Crippen molar-refractivity contribution in [2.45, 2.75) is 32.5 Å². The van der Waals surface area contributed by atoms with Crippen LogP contribution in [-0.4, -0.2) is 23.9 Å². The molecule has 2 bridgehead atoms. The van der Waals surface area contributed by atoms with Crippen molar-refractivity contribution in [1.82, 2.24) is 5.32 Å². The Morgan fingerprint density at radius 2 is 1.91 bits per heavy atom. The summed E-state index contributed by atoms with van der Waals surface area (Å²) in [7, 11) is 1.60. The van der Waals surface area contributed by atoms with Crippen LogP contribution in [0.2, 0.25) is 5.02 Å². The Hall–Kier alpha value is -3.29. The summed E-state index contributed by atoms with van der Waals surface area (Å²) in [6, 6.07) is 18.5. The Kier molecular flexibility index (Phi) is 5.85. The predicted octanol–water partition coefficient (Wildman–Crippen LogP) is 5.76. The van der Waals surface area contributed by atoms with Crippen LogP contribution in [0.25, 0.3) is 0 Å². The molecule has 2 aliphatic rings. The van der Waals surface area contributed by atoms with E-state index in [4.69, 9.17) is 33.3 Å². The van der Waals surface area contributed by atoms with Crippen LogP contribution in [0.4, 0.5) is 11.4 Å². The van der Waals surface area contributed by atoms with E-state index in [-0.39, 0.29) is 5.91 Å². The van der Waals surface area contributed by atoms with Gasteiger partial charge >= 0.3 is 0 Å². The monoisotopic (exact) mass is 507 g/mol. The van der Waals surface area contributed by atoms with Crippen molar-refractivity contribution < 1.29 is 14.3 Å². The molecule has 2 aliphatic heterocycles. The standard InChI is InChI=1S/C27H26ClN3O3S/c1-15-8-13-20(16(2)14-15)29-25(32)22-23-19-6-5-7-21(33-4)24(19)34-27(22,3)31(26(35)30-23)18-11-9-17(28)10-12-18/h5-14,22-23H,1-4H3,(H,29,32)(H,30,35)/t22-,23+,27-/m0/s1. The number of amides is 1. The molecule has 3 aromatic carbocycles. The van der Waals surface area contributed by atoms with Crippen LogP contribution in [0.1, 0.15) is 29.7 Å². The molecule has 0 spiro atoms. The maximum Gasteiger partial charge on any atom is 0.236 e. The lowest BCUT2D eigenvalue weighted by Gasteiger charge is -2.56. The molecule has 1 amide bonds. The van der Waals surface area contributed by atoms with Crippen LogP contribution in [0.5, 0.6) is 11.5 Å². The molecule has 2 heterocycles. The summed E-state index contributed by atoms with van der Waals surface area (Å²) in [6.07, 6.45) is 0. The molecule has 2 N–H and O–H groups in total. The molecule has 0 radical (unpaired) electrons. The summed E-state index contributed by atoms with van der Waals surface area (Å²) in [5.41, 5.74) is 3.32. The highest BCUT2D eigenvalue weighted by atomic mass is 35.5. The Morgan fingerprint density at radius 3 is 2.60 bits per heavy atom. The highest BCUT2D eigenvalue weighted by molar-refractivity contribution is 7.80. The van der Waals surface area contributed by atoms with Crippen molar-refractivity contribution in [3.63, 3.8) is 0 Å². The van der Waals surface area contributed by atoms with E-state index in [1.807, 2.05) is 74.2 Å². The fourth-order valence-electron chi connectivity index (χ4n) is 5.07. The zero-order valence-electron chi connectivity index (χ0n) is 19.9. The lowest BCUT2D eigenvalue weighted by Crippen LogP contribution is -2.72. The van der Waals surface area contributed by atoms with Crippen molar-refractivity contribution in [2.24, 2.45) is 5.92 Å². The molecule has 0 aliphatic carbocycles. The number of aryl methyl sites for hydroxylation is 2. The average molecular weight is 508 g/mol. The fraction of sp³-hybridized carbons (Fsp3) is 0.259. The maximum absolute atomic E-state index is 14.0. The second-order valence-corrected chi connectivity index (χ2v) is 9.88. The van der Waals surface area contributed by atoms with Gasteiger partial charge in [0.1, 0.15) is 5.92 Å². The van der Waals surface area contributed by atoms with Gasteiger partial charge in [0, 0.05) is 22.0 Å². The number of hydrogen-bond acceptors (Lipinski definition) is 4.